The zero-order valence-electron chi connectivity index (χ0n) is 16.2. The second-order valence-corrected chi connectivity index (χ2v) is 7.55. The third kappa shape index (κ3) is 2.55. The molecule has 0 atom stereocenters. The molecule has 2 heterocycles. The molecule has 0 spiro atoms. The summed E-state index contributed by atoms with van der Waals surface area (Å²) < 4.78 is 12.1. The van der Waals surface area contributed by atoms with E-state index in [1.165, 1.54) is 0 Å². The number of benzene rings is 3. The lowest BCUT2D eigenvalue weighted by Crippen LogP contribution is -2.72. The number of hydrogen-bond acceptors (Lipinski definition) is 2. The highest BCUT2D eigenvalue weighted by Crippen LogP contribution is 2.29. The highest BCUT2D eigenvalue weighted by atomic mass is 16.5. The molecule has 0 fully saturated rings. The van der Waals surface area contributed by atoms with E-state index in [1.807, 2.05) is 0 Å². The van der Waals surface area contributed by atoms with Gasteiger partial charge in [0, 0.05) is 5.46 Å². The maximum atomic E-state index is 6.39. The van der Waals surface area contributed by atoms with Crippen molar-refractivity contribution < 1.29 is 9.47 Å². The summed E-state index contributed by atoms with van der Waals surface area (Å²) in [5.41, 5.74) is 2.79. The van der Waals surface area contributed by atoms with Gasteiger partial charge in [-0.3, -0.25) is 0 Å². The molecule has 0 N–H and O–H groups in total. The van der Waals surface area contributed by atoms with Crippen molar-refractivity contribution in [2.45, 2.75) is 0 Å². The normalized spacial score (nSPS) is 13.0. The van der Waals surface area contributed by atoms with E-state index in [9.17, 15) is 0 Å². The fourth-order valence-electron chi connectivity index (χ4n) is 4.24. The molecule has 0 amide bonds. The van der Waals surface area contributed by atoms with Gasteiger partial charge in [-0.25, -0.2) is 0 Å². The molecule has 118 valence electrons. The molecule has 13 heteroatoms. The average Bonchev–Trinajstić information content (AvgIpc) is 2.75. The smallest absolute Gasteiger partial charge is 0.258 e. The number of ether oxygens (including phenoxy) is 2. The Morgan fingerprint density at radius 2 is 0.903 bits per heavy atom. The predicted octanol–water partition coefficient (Wildman–Crippen LogP) is -9.65. The molecule has 3 aromatic rings. The van der Waals surface area contributed by atoms with E-state index in [4.69, 9.17) is 87.9 Å². The summed E-state index contributed by atoms with van der Waals surface area (Å²) in [6.45, 7) is -0.684. The predicted molar refractivity (Wildman–Crippen MR) is 138 cm³/mol. The summed E-state index contributed by atoms with van der Waals surface area (Å²) in [6, 6.07) is 1.55. The minimum Gasteiger partial charge on any atom is -0.460 e. The molecule has 3 aromatic carbocycles. The quantitative estimate of drug-likeness (QED) is 0.253. The van der Waals surface area contributed by atoms with Gasteiger partial charge in [-0.2, -0.15) is 0 Å². The molecule has 31 heavy (non-hydrogen) atoms. The lowest BCUT2D eigenvalue weighted by atomic mass is 9.30. The second-order valence-electron chi connectivity index (χ2n) is 7.55. The maximum Gasteiger partial charge on any atom is 0.258 e. The molecule has 2 aliphatic rings. The Kier molecular flexibility index (Phi) is 4.53. The molecule has 0 saturated heterocycles. The Morgan fingerprint density at radius 1 is 0.452 bits per heavy atom. The van der Waals surface area contributed by atoms with E-state index in [1.54, 1.807) is 6.07 Å². The van der Waals surface area contributed by atoms with Crippen molar-refractivity contribution in [2.24, 2.45) is 0 Å². The molecule has 0 aromatic heterocycles. The van der Waals surface area contributed by atoms with E-state index in [0.29, 0.717) is 22.1 Å². The summed E-state index contributed by atoms with van der Waals surface area (Å²) >= 11 is 0. The van der Waals surface area contributed by atoms with Crippen molar-refractivity contribution in [3.63, 3.8) is 0 Å². The summed E-state index contributed by atoms with van der Waals surface area (Å²) in [4.78, 5) is 0. The fourth-order valence-corrected chi connectivity index (χ4v) is 4.24. The molecule has 2 aliphatic heterocycles. The van der Waals surface area contributed by atoms with E-state index in [-0.39, 0.29) is 71.9 Å². The molecule has 0 unspecified atom stereocenters. The van der Waals surface area contributed by atoms with Crippen LogP contribution in [0.4, 0.5) is 0 Å². The van der Waals surface area contributed by atoms with Crippen LogP contribution in [0.15, 0.2) is 6.07 Å². The highest BCUT2D eigenvalue weighted by Gasteiger charge is 2.44. The van der Waals surface area contributed by atoms with Crippen LogP contribution in [-0.2, 0) is 0 Å². The Bertz CT molecular complexity index is 1330. The summed E-state index contributed by atoms with van der Waals surface area (Å²) in [7, 11) is 61.9. The van der Waals surface area contributed by atoms with Gasteiger partial charge in [0.05, 0.1) is 0 Å². The summed E-state index contributed by atoms with van der Waals surface area (Å²) in [6.07, 6.45) is 0. The average molecular weight is 368 g/mol. The minimum absolute atomic E-state index is 0.0824. The largest absolute Gasteiger partial charge is 0.460 e. The second kappa shape index (κ2) is 6.74. The maximum absolute atomic E-state index is 6.39. The lowest BCUT2D eigenvalue weighted by molar-refractivity contribution is 0.472. The Balaban J connectivity index is 2.00. The topological polar surface area (TPSA) is 18.5 Å². The first-order valence-corrected chi connectivity index (χ1v) is 9.15. The van der Waals surface area contributed by atoms with Gasteiger partial charge in [0.15, 0.2) is 0 Å². The number of fused-ring (bicyclic) bond motifs is 4. The molecule has 0 aliphatic carbocycles. The van der Waals surface area contributed by atoms with Gasteiger partial charge in [0.1, 0.15) is 101 Å². The van der Waals surface area contributed by atoms with Crippen molar-refractivity contribution in [3.05, 3.63) is 6.07 Å². The summed E-state index contributed by atoms with van der Waals surface area (Å²) in [5, 5.41) is 0. The third-order valence-electron chi connectivity index (χ3n) is 5.93. The number of hydrogen-bond donors (Lipinski definition) is 0. The Morgan fingerprint density at radius 3 is 1.52 bits per heavy atom. The van der Waals surface area contributed by atoms with Crippen LogP contribution in [0.3, 0.4) is 0 Å². The van der Waals surface area contributed by atoms with Gasteiger partial charge in [-0.1, -0.05) is 16.4 Å². The first-order valence-electron chi connectivity index (χ1n) is 9.15. The minimum atomic E-state index is -0.684. The van der Waals surface area contributed by atoms with Crippen molar-refractivity contribution in [1.82, 2.24) is 0 Å². The molecule has 0 saturated carbocycles. The van der Waals surface area contributed by atoms with Crippen LogP contribution in [0.2, 0.25) is 0 Å². The van der Waals surface area contributed by atoms with Crippen LogP contribution >= 0.6 is 0 Å². The highest BCUT2D eigenvalue weighted by molar-refractivity contribution is 7.03. The van der Waals surface area contributed by atoms with Gasteiger partial charge in [-0.05, 0) is 17.0 Å². The molecule has 5 rings (SSSR count). The fraction of sp³-hybridized carbons (Fsp3) is 0. The van der Waals surface area contributed by atoms with E-state index < -0.39 is 6.71 Å². The Hall–Kier alpha value is -2.03. The van der Waals surface area contributed by atoms with E-state index in [0.717, 1.165) is 0 Å². The van der Waals surface area contributed by atoms with Gasteiger partial charge in [0.2, 0.25) is 0 Å². The zero-order chi connectivity index (χ0) is 22.5. The van der Waals surface area contributed by atoms with E-state index in [2.05, 4.69) is 0 Å². The van der Waals surface area contributed by atoms with Crippen LogP contribution < -0.4 is 80.5 Å². The zero-order valence-corrected chi connectivity index (χ0v) is 16.2. The SMILES string of the molecule is [B]c1cc2c(c([B])c1[B])B1c3c([B])c([B])c([B])c([B])c3Oc3c([B])c([B])c([B])c(c31)O2. The molecular formula is C18HB11O2. The van der Waals surface area contributed by atoms with Crippen molar-refractivity contribution in [2.75, 3.05) is 0 Å². The van der Waals surface area contributed by atoms with Crippen LogP contribution in [0.5, 0.6) is 23.0 Å². The number of rotatable bonds is 0. The monoisotopic (exact) mass is 370 g/mol. The van der Waals surface area contributed by atoms with E-state index >= 15 is 0 Å². The van der Waals surface area contributed by atoms with Crippen LogP contribution in [-0.4, -0.2) is 85.2 Å². The van der Waals surface area contributed by atoms with Crippen LogP contribution in [0, 0.1) is 0 Å². The van der Waals surface area contributed by atoms with Crippen molar-refractivity contribution in [1.29, 1.82) is 0 Å². The van der Waals surface area contributed by atoms with Crippen molar-refractivity contribution in [3.8, 4) is 23.0 Å². The first-order chi connectivity index (χ1) is 14.6. The molecule has 2 nitrogen and oxygen atoms in total. The Labute approximate surface area is 194 Å². The summed E-state index contributed by atoms with van der Waals surface area (Å²) in [5.74, 6) is 0.951. The van der Waals surface area contributed by atoms with Gasteiger partial charge in [-0.15, -0.1) is 38.2 Å². The van der Waals surface area contributed by atoms with Crippen LogP contribution in [0.1, 0.15) is 0 Å². The van der Waals surface area contributed by atoms with Crippen molar-refractivity contribution >= 4 is 156 Å². The molecule has 20 radical (unpaired) electrons. The van der Waals surface area contributed by atoms with Gasteiger partial charge >= 0.3 is 0 Å². The van der Waals surface area contributed by atoms with Gasteiger partial charge < -0.3 is 9.47 Å². The van der Waals surface area contributed by atoms with Crippen LogP contribution in [0.25, 0.3) is 0 Å². The first kappa shape index (κ1) is 20.9. The third-order valence-corrected chi connectivity index (χ3v) is 5.93. The lowest BCUT2D eigenvalue weighted by Gasteiger charge is -2.40. The molecular weight excluding hydrogens is 367 g/mol. The standard InChI is InChI=1S/C18HB11O2/c19-2-1-3-13(8(24)4(2)20)29-14-9(25)5(21)6(22)10(26)16(14)31-18-12(28)7(23)11(27)17(30-3)15(18)29/h1H. The molecule has 0 bridgehead atoms. The van der Waals surface area contributed by atoms with Gasteiger partial charge in [0.25, 0.3) is 6.71 Å².